The minimum absolute atomic E-state index is 0.299. The fraction of sp³-hybridized carbons (Fsp3) is 0.200. The fourth-order valence-corrected chi connectivity index (χ4v) is 2.26. The third-order valence-electron chi connectivity index (χ3n) is 3.11. The van der Waals surface area contributed by atoms with E-state index in [0.29, 0.717) is 0 Å². The zero-order valence-electron chi connectivity index (χ0n) is 10.9. The van der Waals surface area contributed by atoms with Crippen molar-refractivity contribution in [1.82, 2.24) is 5.43 Å². The van der Waals surface area contributed by atoms with Crippen LogP contribution < -0.4 is 11.3 Å². The van der Waals surface area contributed by atoms with Crippen molar-refractivity contribution in [1.29, 1.82) is 0 Å². The number of nitrogens with two attached hydrogens (primary N) is 1. The maximum Gasteiger partial charge on any atom is 0.123 e. The normalized spacial score (nSPS) is 12.5. The van der Waals surface area contributed by atoms with Crippen LogP contribution in [0.15, 0.2) is 36.4 Å². The van der Waals surface area contributed by atoms with Gasteiger partial charge in [-0.25, -0.2) is 14.2 Å². The minimum Gasteiger partial charge on any atom is -0.271 e. The molecule has 2 aromatic rings. The lowest BCUT2D eigenvalue weighted by atomic mass is 9.94. The van der Waals surface area contributed by atoms with Gasteiger partial charge in [-0.1, -0.05) is 12.1 Å². The lowest BCUT2D eigenvalue weighted by Crippen LogP contribution is -2.29. The number of aryl methyl sites for hydroxylation is 2. The highest BCUT2D eigenvalue weighted by Gasteiger charge is 2.16. The van der Waals surface area contributed by atoms with Crippen molar-refractivity contribution in [3.8, 4) is 0 Å². The Morgan fingerprint density at radius 2 is 1.74 bits per heavy atom. The molecule has 0 heterocycles. The molecule has 0 saturated carbocycles. The molecule has 0 aliphatic rings. The van der Waals surface area contributed by atoms with E-state index in [0.717, 1.165) is 22.3 Å². The Morgan fingerprint density at radius 1 is 1.00 bits per heavy atom. The Labute approximate surface area is 111 Å². The van der Waals surface area contributed by atoms with Gasteiger partial charge in [-0.3, -0.25) is 5.84 Å². The largest absolute Gasteiger partial charge is 0.271 e. The van der Waals surface area contributed by atoms with Crippen LogP contribution >= 0.6 is 0 Å². The SMILES string of the molecule is Cc1cc(F)cc(C(NN)c2ccc(F)cc2C)c1. The molecule has 0 aliphatic heterocycles. The first kappa shape index (κ1) is 13.6. The van der Waals surface area contributed by atoms with Crippen LogP contribution in [0.3, 0.4) is 0 Å². The van der Waals surface area contributed by atoms with Crippen LogP contribution in [-0.2, 0) is 0 Å². The standard InChI is InChI=1S/C15H16F2N2/c1-9-5-11(8-13(17)6-9)15(19-18)14-4-3-12(16)7-10(14)2/h3-8,15,19H,18H2,1-2H3. The minimum atomic E-state index is -0.366. The fourth-order valence-electron chi connectivity index (χ4n) is 2.26. The summed E-state index contributed by atoms with van der Waals surface area (Å²) in [4.78, 5) is 0. The lowest BCUT2D eigenvalue weighted by molar-refractivity contribution is 0.597. The second kappa shape index (κ2) is 5.47. The topological polar surface area (TPSA) is 38.0 Å². The number of rotatable bonds is 3. The summed E-state index contributed by atoms with van der Waals surface area (Å²) in [6.07, 6.45) is 0. The third-order valence-corrected chi connectivity index (χ3v) is 3.11. The zero-order chi connectivity index (χ0) is 14.0. The van der Waals surface area contributed by atoms with Gasteiger partial charge in [0.05, 0.1) is 6.04 Å². The molecule has 2 nitrogen and oxygen atoms in total. The first-order chi connectivity index (χ1) is 9.01. The van der Waals surface area contributed by atoms with E-state index in [1.54, 1.807) is 13.0 Å². The van der Waals surface area contributed by atoms with Crippen molar-refractivity contribution in [3.63, 3.8) is 0 Å². The Kier molecular flexibility index (Phi) is 3.93. The molecule has 0 bridgehead atoms. The first-order valence-corrected chi connectivity index (χ1v) is 6.00. The molecule has 19 heavy (non-hydrogen) atoms. The summed E-state index contributed by atoms with van der Waals surface area (Å²) in [5.41, 5.74) is 5.79. The van der Waals surface area contributed by atoms with Gasteiger partial charge in [-0.15, -0.1) is 0 Å². The van der Waals surface area contributed by atoms with Crippen molar-refractivity contribution in [2.75, 3.05) is 0 Å². The monoisotopic (exact) mass is 262 g/mol. The van der Waals surface area contributed by atoms with E-state index >= 15 is 0 Å². The van der Waals surface area contributed by atoms with Crippen molar-refractivity contribution in [3.05, 3.63) is 70.3 Å². The smallest absolute Gasteiger partial charge is 0.123 e. The second-order valence-corrected chi connectivity index (χ2v) is 4.66. The maximum atomic E-state index is 13.5. The average Bonchev–Trinajstić information content (AvgIpc) is 2.31. The van der Waals surface area contributed by atoms with E-state index in [-0.39, 0.29) is 17.7 Å². The van der Waals surface area contributed by atoms with Crippen molar-refractivity contribution < 1.29 is 8.78 Å². The molecule has 0 saturated heterocycles. The predicted molar refractivity (Wildman–Crippen MR) is 71.4 cm³/mol. The molecule has 2 aromatic carbocycles. The molecule has 0 aliphatic carbocycles. The van der Waals surface area contributed by atoms with Gasteiger partial charge < -0.3 is 0 Å². The van der Waals surface area contributed by atoms with Gasteiger partial charge in [0.15, 0.2) is 0 Å². The third kappa shape index (κ3) is 2.97. The van der Waals surface area contributed by atoms with Gasteiger partial charge in [0.1, 0.15) is 11.6 Å². The van der Waals surface area contributed by atoms with Crippen LogP contribution in [0.4, 0.5) is 8.78 Å². The molecule has 100 valence electrons. The van der Waals surface area contributed by atoms with Gasteiger partial charge >= 0.3 is 0 Å². The summed E-state index contributed by atoms with van der Waals surface area (Å²) in [5, 5.41) is 0. The van der Waals surface area contributed by atoms with E-state index < -0.39 is 0 Å². The van der Waals surface area contributed by atoms with E-state index in [1.165, 1.54) is 24.3 Å². The Hall–Kier alpha value is -1.78. The van der Waals surface area contributed by atoms with Crippen molar-refractivity contribution in [2.45, 2.75) is 19.9 Å². The Balaban J connectivity index is 2.49. The molecular weight excluding hydrogens is 246 g/mol. The van der Waals surface area contributed by atoms with E-state index in [1.807, 2.05) is 13.0 Å². The summed E-state index contributed by atoms with van der Waals surface area (Å²) in [6, 6.07) is 8.85. The molecule has 1 unspecified atom stereocenters. The van der Waals surface area contributed by atoms with Crippen molar-refractivity contribution in [2.24, 2.45) is 5.84 Å². The van der Waals surface area contributed by atoms with Crippen LogP contribution in [-0.4, -0.2) is 0 Å². The van der Waals surface area contributed by atoms with Crippen LogP contribution in [0.2, 0.25) is 0 Å². The molecule has 0 fully saturated rings. The van der Waals surface area contributed by atoms with E-state index in [9.17, 15) is 8.78 Å². The summed E-state index contributed by atoms with van der Waals surface area (Å²) in [5.74, 6) is 4.97. The first-order valence-electron chi connectivity index (χ1n) is 6.00. The van der Waals surface area contributed by atoms with Gasteiger partial charge in [-0.05, 0) is 60.4 Å². The number of halogens is 2. The molecule has 0 spiro atoms. The highest BCUT2D eigenvalue weighted by atomic mass is 19.1. The molecule has 2 rings (SSSR count). The maximum absolute atomic E-state index is 13.5. The van der Waals surface area contributed by atoms with Crippen LogP contribution in [0.5, 0.6) is 0 Å². The number of hydrogen-bond donors (Lipinski definition) is 2. The molecule has 4 heteroatoms. The van der Waals surface area contributed by atoms with E-state index in [2.05, 4.69) is 5.43 Å². The summed E-state index contributed by atoms with van der Waals surface area (Å²) >= 11 is 0. The highest BCUT2D eigenvalue weighted by Crippen LogP contribution is 2.26. The molecule has 3 N–H and O–H groups in total. The number of nitrogens with one attached hydrogen (secondary N) is 1. The zero-order valence-corrected chi connectivity index (χ0v) is 10.9. The van der Waals surface area contributed by atoms with Gasteiger partial charge in [0.2, 0.25) is 0 Å². The molecular formula is C15H16F2N2. The van der Waals surface area contributed by atoms with Gasteiger partial charge in [-0.2, -0.15) is 0 Å². The molecule has 0 radical (unpaired) electrons. The average molecular weight is 262 g/mol. The van der Waals surface area contributed by atoms with Crippen LogP contribution in [0.1, 0.15) is 28.3 Å². The van der Waals surface area contributed by atoms with Crippen LogP contribution in [0.25, 0.3) is 0 Å². The summed E-state index contributed by atoms with van der Waals surface area (Å²) in [6.45, 7) is 3.62. The van der Waals surface area contributed by atoms with Crippen molar-refractivity contribution >= 4 is 0 Å². The summed E-state index contributed by atoms with van der Waals surface area (Å²) < 4.78 is 26.6. The van der Waals surface area contributed by atoms with Gasteiger partial charge in [0.25, 0.3) is 0 Å². The number of hydrazine groups is 1. The van der Waals surface area contributed by atoms with Gasteiger partial charge in [0, 0.05) is 0 Å². The number of benzene rings is 2. The Bertz CT molecular complexity index is 576. The predicted octanol–water partition coefficient (Wildman–Crippen LogP) is 3.13. The Morgan fingerprint density at radius 3 is 2.32 bits per heavy atom. The van der Waals surface area contributed by atoms with E-state index in [4.69, 9.17) is 5.84 Å². The summed E-state index contributed by atoms with van der Waals surface area (Å²) in [7, 11) is 0. The van der Waals surface area contributed by atoms with Crippen LogP contribution in [0, 0.1) is 25.5 Å². The number of hydrogen-bond acceptors (Lipinski definition) is 2. The second-order valence-electron chi connectivity index (χ2n) is 4.66. The quantitative estimate of drug-likeness (QED) is 0.658. The molecule has 0 amide bonds. The molecule has 1 atom stereocenters. The highest BCUT2D eigenvalue weighted by molar-refractivity contribution is 5.38. The molecule has 0 aromatic heterocycles. The lowest BCUT2D eigenvalue weighted by Gasteiger charge is -2.19.